The minimum absolute atomic E-state index is 0.523. The monoisotopic (exact) mass is 108 g/mol. The van der Waals surface area contributed by atoms with Crippen molar-refractivity contribution >= 4 is 0 Å². The van der Waals surface area contributed by atoms with E-state index in [0.717, 1.165) is 11.3 Å². The molecule has 0 aliphatic heterocycles. The summed E-state index contributed by atoms with van der Waals surface area (Å²) in [5.41, 5.74) is 1.84. The molecule has 0 N–H and O–H groups in total. The molecule has 42 valence electrons. The maximum atomic E-state index is 7.30. The van der Waals surface area contributed by atoms with E-state index in [9.17, 15) is 0 Å². The molecule has 1 nitrogen and oxygen atoms in total. The number of aromatic nitrogens is 1. The molecule has 0 radical (unpaired) electrons. The molecule has 0 atom stereocenters. The number of rotatable bonds is 0. The van der Waals surface area contributed by atoms with Crippen LogP contribution < -0.4 is 0 Å². The fourth-order valence-electron chi connectivity index (χ4n) is 0.491. The van der Waals surface area contributed by atoms with Gasteiger partial charge in [0.1, 0.15) is 0 Å². The lowest BCUT2D eigenvalue weighted by Crippen LogP contribution is -1.78. The van der Waals surface area contributed by atoms with Crippen LogP contribution in [0.5, 0.6) is 0 Å². The summed E-state index contributed by atoms with van der Waals surface area (Å²) in [7, 11) is 0. The van der Waals surface area contributed by atoms with E-state index in [-0.39, 0.29) is 0 Å². The molecule has 0 saturated carbocycles. The number of aryl methyl sites for hydroxylation is 2. The Morgan fingerprint density at radius 2 is 2.38 bits per heavy atom. The predicted molar refractivity (Wildman–Crippen MR) is 33.7 cm³/mol. The van der Waals surface area contributed by atoms with Crippen LogP contribution in [-0.4, -0.2) is 4.98 Å². The Labute approximate surface area is 50.8 Å². The van der Waals surface area contributed by atoms with Crippen molar-refractivity contribution in [3.05, 3.63) is 29.6 Å². The zero-order valence-electron chi connectivity index (χ0n) is 6.10. The molecule has 0 spiro atoms. The zero-order valence-corrected chi connectivity index (χ0v) is 5.10. The molecule has 1 heterocycles. The minimum Gasteiger partial charge on any atom is -0.261 e. The molecule has 8 heavy (non-hydrogen) atoms. The van der Waals surface area contributed by atoms with Crippen LogP contribution in [0.4, 0.5) is 0 Å². The highest BCUT2D eigenvalue weighted by atomic mass is 14.6. The minimum atomic E-state index is 0.523. The van der Waals surface area contributed by atoms with Gasteiger partial charge < -0.3 is 0 Å². The van der Waals surface area contributed by atoms with E-state index in [1.807, 2.05) is 19.9 Å². The number of pyridine rings is 1. The summed E-state index contributed by atoms with van der Waals surface area (Å²) in [5.74, 6) is 0. The third-order valence-electron chi connectivity index (χ3n) is 0.971. The molecule has 0 amide bonds. The summed E-state index contributed by atoms with van der Waals surface area (Å²) in [6, 6.07) is 2.33. The second-order valence-corrected chi connectivity index (χ2v) is 1.88. The first-order chi connectivity index (χ1) is 4.20. The second kappa shape index (κ2) is 1.95. The lowest BCUT2D eigenvalue weighted by Gasteiger charge is -1.89. The van der Waals surface area contributed by atoms with Crippen molar-refractivity contribution in [2.24, 2.45) is 0 Å². The molecule has 1 rings (SSSR count). The van der Waals surface area contributed by atoms with E-state index in [4.69, 9.17) is 1.37 Å². The van der Waals surface area contributed by atoms with Gasteiger partial charge in [-0.25, -0.2) is 0 Å². The lowest BCUT2D eigenvalue weighted by atomic mass is 10.3. The Bertz CT molecular complexity index is 220. The van der Waals surface area contributed by atoms with Gasteiger partial charge >= 0.3 is 0 Å². The van der Waals surface area contributed by atoms with Gasteiger partial charge in [-0.2, -0.15) is 0 Å². The van der Waals surface area contributed by atoms with Gasteiger partial charge in [0, 0.05) is 11.9 Å². The fraction of sp³-hybridized carbons (Fsp3) is 0.286. The first-order valence-electron chi connectivity index (χ1n) is 3.10. The average Bonchev–Trinajstić information content (AvgIpc) is 1.80. The molecule has 0 aromatic carbocycles. The third-order valence-corrected chi connectivity index (χ3v) is 0.971. The van der Waals surface area contributed by atoms with Gasteiger partial charge in [0.05, 0.1) is 1.37 Å². The first kappa shape index (κ1) is 4.07. The van der Waals surface area contributed by atoms with Crippen LogP contribution in [0.1, 0.15) is 12.6 Å². The summed E-state index contributed by atoms with van der Waals surface area (Å²) in [5, 5.41) is 0. The van der Waals surface area contributed by atoms with Gasteiger partial charge in [-0.3, -0.25) is 4.98 Å². The maximum absolute atomic E-state index is 7.30. The van der Waals surface area contributed by atoms with E-state index < -0.39 is 0 Å². The quantitative estimate of drug-likeness (QED) is 0.493. The first-order valence-corrected chi connectivity index (χ1v) is 2.60. The van der Waals surface area contributed by atoms with Crippen LogP contribution in [0.3, 0.4) is 0 Å². The van der Waals surface area contributed by atoms with Crippen LogP contribution in [0.15, 0.2) is 18.3 Å². The Kier molecular flexibility index (Phi) is 0.992. The van der Waals surface area contributed by atoms with E-state index >= 15 is 0 Å². The normalized spacial score (nSPS) is 11.0. The van der Waals surface area contributed by atoms with Gasteiger partial charge in [0.25, 0.3) is 0 Å². The summed E-state index contributed by atoms with van der Waals surface area (Å²) in [6.07, 6.45) is 1.77. The number of nitrogens with zero attached hydrogens (tertiary/aromatic N) is 1. The molecule has 0 bridgehead atoms. The van der Waals surface area contributed by atoms with Crippen LogP contribution >= 0.6 is 0 Å². The van der Waals surface area contributed by atoms with E-state index in [1.54, 1.807) is 6.20 Å². The molecule has 0 unspecified atom stereocenters. The highest BCUT2D eigenvalue weighted by Crippen LogP contribution is 1.94. The van der Waals surface area contributed by atoms with Crippen LogP contribution in [0.25, 0.3) is 0 Å². The molecule has 1 aromatic rings. The van der Waals surface area contributed by atoms with E-state index in [2.05, 4.69) is 4.98 Å². The Hall–Kier alpha value is -0.850. The van der Waals surface area contributed by atoms with Crippen molar-refractivity contribution in [2.45, 2.75) is 13.8 Å². The third kappa shape index (κ3) is 1.06. The Morgan fingerprint density at radius 3 is 2.88 bits per heavy atom. The van der Waals surface area contributed by atoms with Crippen molar-refractivity contribution < 1.29 is 1.37 Å². The molecular formula is C7H9N. The van der Waals surface area contributed by atoms with E-state index in [1.165, 1.54) is 0 Å². The summed E-state index contributed by atoms with van der Waals surface area (Å²) < 4.78 is 7.30. The molecule has 0 aliphatic carbocycles. The molecule has 1 aromatic heterocycles. The van der Waals surface area contributed by atoms with Crippen molar-refractivity contribution in [2.75, 3.05) is 0 Å². The topological polar surface area (TPSA) is 12.9 Å². The van der Waals surface area contributed by atoms with Crippen molar-refractivity contribution in [3.8, 4) is 0 Å². The van der Waals surface area contributed by atoms with Gasteiger partial charge in [0.15, 0.2) is 0 Å². The fourth-order valence-corrected chi connectivity index (χ4v) is 0.491. The highest BCUT2D eigenvalue weighted by molar-refractivity contribution is 5.10. The summed E-state index contributed by atoms with van der Waals surface area (Å²) in [6.45, 7) is 3.77. The van der Waals surface area contributed by atoms with Gasteiger partial charge in [-0.15, -0.1) is 0 Å². The second-order valence-electron chi connectivity index (χ2n) is 1.88. The molecule has 0 fully saturated rings. The SMILES string of the molecule is [2H]c1cc(C)cnc1C. The van der Waals surface area contributed by atoms with Crippen LogP contribution in [-0.2, 0) is 0 Å². The molecule has 0 saturated heterocycles. The van der Waals surface area contributed by atoms with E-state index in [0.29, 0.717) is 6.04 Å². The standard InChI is InChI=1S/C7H9N/c1-6-3-4-7(2)8-5-6/h3-5H,1-2H3/i4D. The summed E-state index contributed by atoms with van der Waals surface area (Å²) in [4.78, 5) is 3.99. The summed E-state index contributed by atoms with van der Waals surface area (Å²) >= 11 is 0. The highest BCUT2D eigenvalue weighted by Gasteiger charge is 1.81. The molecule has 0 aliphatic rings. The lowest BCUT2D eigenvalue weighted by molar-refractivity contribution is 1.17. The van der Waals surface area contributed by atoms with Gasteiger partial charge in [-0.05, 0) is 25.5 Å². The zero-order chi connectivity index (χ0) is 6.85. The Balaban J connectivity index is 3.17. The Morgan fingerprint density at radius 1 is 1.62 bits per heavy atom. The molecule has 1 heteroatoms. The van der Waals surface area contributed by atoms with Crippen molar-refractivity contribution in [3.63, 3.8) is 0 Å². The van der Waals surface area contributed by atoms with Gasteiger partial charge in [0.2, 0.25) is 0 Å². The van der Waals surface area contributed by atoms with Crippen LogP contribution in [0, 0.1) is 13.8 Å². The van der Waals surface area contributed by atoms with Crippen molar-refractivity contribution in [1.29, 1.82) is 0 Å². The number of hydrogen-bond acceptors (Lipinski definition) is 1. The number of hydrogen-bond donors (Lipinski definition) is 0. The average molecular weight is 108 g/mol. The molecular weight excluding hydrogens is 98.1 g/mol. The van der Waals surface area contributed by atoms with Crippen LogP contribution in [0.2, 0.25) is 0 Å². The predicted octanol–water partition coefficient (Wildman–Crippen LogP) is 1.70. The van der Waals surface area contributed by atoms with Crippen molar-refractivity contribution in [1.82, 2.24) is 4.98 Å². The largest absolute Gasteiger partial charge is 0.261 e. The smallest absolute Gasteiger partial charge is 0.0642 e. The maximum Gasteiger partial charge on any atom is 0.0642 e. The van der Waals surface area contributed by atoms with Gasteiger partial charge in [-0.1, -0.05) is 6.07 Å².